The predicted octanol–water partition coefficient (Wildman–Crippen LogP) is 0.590. The van der Waals surface area contributed by atoms with Crippen LogP contribution in [-0.2, 0) is 16.3 Å². The van der Waals surface area contributed by atoms with E-state index in [0.717, 1.165) is 5.56 Å². The molecule has 0 radical (unpaired) electrons. The van der Waals surface area contributed by atoms with Crippen LogP contribution < -0.4 is 5.73 Å². The van der Waals surface area contributed by atoms with Crippen molar-refractivity contribution in [2.45, 2.75) is 18.2 Å². The molecule has 0 aromatic heterocycles. The summed E-state index contributed by atoms with van der Waals surface area (Å²) in [5.74, 6) is 0.0751. The van der Waals surface area contributed by atoms with Gasteiger partial charge in [-0.15, -0.1) is 0 Å². The molecule has 0 saturated carbocycles. The second-order valence-electron chi connectivity index (χ2n) is 4.04. The summed E-state index contributed by atoms with van der Waals surface area (Å²) in [6.45, 7) is 2.03. The van der Waals surface area contributed by atoms with Gasteiger partial charge in [-0.25, -0.2) is 8.42 Å². The molecular weight excluding hydrogens is 238 g/mol. The highest BCUT2D eigenvalue weighted by Crippen LogP contribution is 2.15. The van der Waals surface area contributed by atoms with E-state index in [2.05, 4.69) is 0 Å². The fourth-order valence-corrected chi connectivity index (χ4v) is 2.54. The van der Waals surface area contributed by atoms with Gasteiger partial charge in [-0.2, -0.15) is 0 Å². The second-order valence-corrected chi connectivity index (χ2v) is 6.32. The lowest BCUT2D eigenvalue weighted by Crippen LogP contribution is -2.20. The third kappa shape index (κ3) is 3.80. The molecule has 1 atom stereocenters. The van der Waals surface area contributed by atoms with E-state index in [0.29, 0.717) is 17.9 Å². The quantitative estimate of drug-likeness (QED) is 0.781. The minimum absolute atomic E-state index is 0.0151. The van der Waals surface area contributed by atoms with Crippen molar-refractivity contribution < 1.29 is 13.5 Å². The Morgan fingerprint density at radius 2 is 2.12 bits per heavy atom. The molecule has 0 amide bonds. The lowest BCUT2D eigenvalue weighted by molar-refractivity contribution is 0.230. The van der Waals surface area contributed by atoms with Gasteiger partial charge in [-0.3, -0.25) is 0 Å². The van der Waals surface area contributed by atoms with Crippen molar-refractivity contribution in [3.05, 3.63) is 29.8 Å². The number of aliphatic hydroxyl groups is 1. The molecule has 96 valence electrons. The minimum Gasteiger partial charge on any atom is -0.396 e. The fraction of sp³-hybridized carbons (Fsp3) is 0.500. The van der Waals surface area contributed by atoms with Gasteiger partial charge in [-0.05, 0) is 36.6 Å². The zero-order valence-corrected chi connectivity index (χ0v) is 10.8. The van der Waals surface area contributed by atoms with E-state index >= 15 is 0 Å². The number of hydrogen-bond donors (Lipinski definition) is 2. The lowest BCUT2D eigenvalue weighted by atomic mass is 10.0. The molecule has 0 saturated heterocycles. The zero-order chi connectivity index (χ0) is 12.9. The highest BCUT2D eigenvalue weighted by atomic mass is 32.2. The van der Waals surface area contributed by atoms with E-state index in [1.54, 1.807) is 25.1 Å². The largest absolute Gasteiger partial charge is 0.396 e. The predicted molar refractivity (Wildman–Crippen MR) is 67.5 cm³/mol. The number of benzene rings is 1. The van der Waals surface area contributed by atoms with Crippen LogP contribution in [0.1, 0.15) is 12.5 Å². The van der Waals surface area contributed by atoms with Crippen molar-refractivity contribution in [3.8, 4) is 0 Å². The van der Waals surface area contributed by atoms with Crippen molar-refractivity contribution in [1.29, 1.82) is 0 Å². The van der Waals surface area contributed by atoms with Crippen LogP contribution in [0.5, 0.6) is 0 Å². The van der Waals surface area contributed by atoms with Crippen LogP contribution in [-0.4, -0.2) is 32.4 Å². The topological polar surface area (TPSA) is 80.4 Å². The van der Waals surface area contributed by atoms with Crippen molar-refractivity contribution in [3.63, 3.8) is 0 Å². The standard InChI is InChI=1S/C12H19NO3S/c1-2-17(15,16)12-5-3-4-10(7-12)6-11(8-13)9-14/h3-5,7,11,14H,2,6,8-9,13H2,1H3. The van der Waals surface area contributed by atoms with Crippen LogP contribution >= 0.6 is 0 Å². The molecule has 0 aliphatic rings. The molecule has 17 heavy (non-hydrogen) atoms. The Labute approximate surface area is 102 Å². The van der Waals surface area contributed by atoms with Crippen LogP contribution in [0.25, 0.3) is 0 Å². The summed E-state index contributed by atoms with van der Waals surface area (Å²) in [5, 5.41) is 9.06. The van der Waals surface area contributed by atoms with E-state index in [-0.39, 0.29) is 18.3 Å². The van der Waals surface area contributed by atoms with Crippen LogP contribution in [0.2, 0.25) is 0 Å². The van der Waals surface area contributed by atoms with Gasteiger partial charge in [-0.1, -0.05) is 19.1 Å². The number of nitrogens with two attached hydrogens (primary N) is 1. The Kier molecular flexibility index (Phi) is 5.11. The maximum absolute atomic E-state index is 11.7. The molecule has 4 nitrogen and oxygen atoms in total. The number of rotatable bonds is 6. The molecule has 0 spiro atoms. The molecule has 0 aliphatic heterocycles. The summed E-state index contributed by atoms with van der Waals surface area (Å²) in [6, 6.07) is 6.84. The first-order valence-corrected chi connectivity index (χ1v) is 7.31. The summed E-state index contributed by atoms with van der Waals surface area (Å²) in [7, 11) is -3.16. The van der Waals surface area contributed by atoms with E-state index in [1.807, 2.05) is 6.07 Å². The number of aliphatic hydroxyl groups excluding tert-OH is 1. The van der Waals surface area contributed by atoms with Crippen LogP contribution in [0, 0.1) is 5.92 Å². The van der Waals surface area contributed by atoms with Gasteiger partial charge in [0.25, 0.3) is 0 Å². The van der Waals surface area contributed by atoms with E-state index in [9.17, 15) is 8.42 Å². The summed E-state index contributed by atoms with van der Waals surface area (Å²) in [6.07, 6.45) is 0.597. The van der Waals surface area contributed by atoms with Crippen LogP contribution in [0.15, 0.2) is 29.2 Å². The molecular formula is C12H19NO3S. The highest BCUT2D eigenvalue weighted by molar-refractivity contribution is 7.91. The van der Waals surface area contributed by atoms with Crippen molar-refractivity contribution in [1.82, 2.24) is 0 Å². The van der Waals surface area contributed by atoms with Gasteiger partial charge in [0.05, 0.1) is 10.6 Å². The summed E-state index contributed by atoms with van der Waals surface area (Å²) >= 11 is 0. The third-order valence-electron chi connectivity index (χ3n) is 2.75. The normalized spacial score (nSPS) is 13.6. The molecule has 0 aliphatic carbocycles. The SMILES string of the molecule is CCS(=O)(=O)c1cccc(CC(CN)CO)c1. The van der Waals surface area contributed by atoms with Gasteiger partial charge in [0.2, 0.25) is 0 Å². The monoisotopic (exact) mass is 257 g/mol. The van der Waals surface area contributed by atoms with E-state index < -0.39 is 9.84 Å². The molecule has 1 aromatic carbocycles. The first-order valence-electron chi connectivity index (χ1n) is 5.66. The van der Waals surface area contributed by atoms with Gasteiger partial charge in [0.1, 0.15) is 0 Å². The first kappa shape index (κ1) is 14.2. The highest BCUT2D eigenvalue weighted by Gasteiger charge is 2.13. The van der Waals surface area contributed by atoms with Gasteiger partial charge < -0.3 is 10.8 Å². The zero-order valence-electron chi connectivity index (χ0n) is 9.96. The van der Waals surface area contributed by atoms with E-state index in [4.69, 9.17) is 10.8 Å². The Hall–Kier alpha value is -0.910. The average molecular weight is 257 g/mol. The van der Waals surface area contributed by atoms with Gasteiger partial charge in [0.15, 0.2) is 9.84 Å². The lowest BCUT2D eigenvalue weighted by Gasteiger charge is -2.12. The molecule has 1 rings (SSSR count). The maximum Gasteiger partial charge on any atom is 0.178 e. The fourth-order valence-electron chi connectivity index (χ4n) is 1.59. The average Bonchev–Trinajstić information content (AvgIpc) is 2.36. The van der Waals surface area contributed by atoms with E-state index in [1.165, 1.54) is 0 Å². The Bertz CT molecular complexity index is 453. The Morgan fingerprint density at radius 1 is 1.41 bits per heavy atom. The van der Waals surface area contributed by atoms with Crippen molar-refractivity contribution in [2.24, 2.45) is 11.7 Å². The Morgan fingerprint density at radius 3 is 2.65 bits per heavy atom. The van der Waals surface area contributed by atoms with Crippen molar-refractivity contribution in [2.75, 3.05) is 18.9 Å². The minimum atomic E-state index is -3.16. The third-order valence-corrected chi connectivity index (χ3v) is 4.49. The van der Waals surface area contributed by atoms with Crippen molar-refractivity contribution >= 4 is 9.84 Å². The van der Waals surface area contributed by atoms with Crippen LogP contribution in [0.3, 0.4) is 0 Å². The molecule has 0 heterocycles. The number of hydrogen-bond acceptors (Lipinski definition) is 4. The smallest absolute Gasteiger partial charge is 0.178 e. The molecule has 0 fully saturated rings. The second kappa shape index (κ2) is 6.14. The molecule has 3 N–H and O–H groups in total. The number of sulfone groups is 1. The molecule has 5 heteroatoms. The Balaban J connectivity index is 2.94. The molecule has 1 aromatic rings. The molecule has 1 unspecified atom stereocenters. The summed E-state index contributed by atoms with van der Waals surface area (Å²) in [5.41, 5.74) is 6.40. The van der Waals surface area contributed by atoms with Crippen LogP contribution in [0.4, 0.5) is 0 Å². The summed E-state index contributed by atoms with van der Waals surface area (Å²) < 4.78 is 23.4. The summed E-state index contributed by atoms with van der Waals surface area (Å²) in [4.78, 5) is 0.339. The maximum atomic E-state index is 11.7. The molecule has 0 bridgehead atoms. The van der Waals surface area contributed by atoms with Gasteiger partial charge in [0, 0.05) is 6.61 Å². The van der Waals surface area contributed by atoms with Gasteiger partial charge >= 0.3 is 0 Å². The first-order chi connectivity index (χ1) is 8.03.